The molecule has 3 heteroatoms. The fraction of sp³-hybridized carbons (Fsp3) is 0.727. The highest BCUT2D eigenvalue weighted by Gasteiger charge is 2.17. The van der Waals surface area contributed by atoms with Crippen molar-refractivity contribution in [3.8, 4) is 0 Å². The molecule has 1 atom stereocenters. The van der Waals surface area contributed by atoms with E-state index in [4.69, 9.17) is 4.74 Å². The molecule has 0 N–H and O–H groups in total. The van der Waals surface area contributed by atoms with Crippen LogP contribution >= 0.6 is 0 Å². The third-order valence-corrected chi connectivity index (χ3v) is 2.50. The monoisotopic (exact) mass is 197 g/mol. The first-order chi connectivity index (χ1) is 6.72. The third-order valence-electron chi connectivity index (χ3n) is 2.50. The van der Waals surface area contributed by atoms with Crippen molar-refractivity contribution in [3.63, 3.8) is 0 Å². The van der Waals surface area contributed by atoms with Crippen LogP contribution < -0.4 is 0 Å². The number of carbonyl (C=O) groups is 1. The number of ether oxygens (including phenoxy) is 1. The van der Waals surface area contributed by atoms with Crippen molar-refractivity contribution >= 4 is 5.97 Å². The van der Waals surface area contributed by atoms with Gasteiger partial charge in [-0.2, -0.15) is 0 Å². The summed E-state index contributed by atoms with van der Waals surface area (Å²) in [7, 11) is 2.13. The average molecular weight is 197 g/mol. The standard InChI is InChI=1S/C11H19NO2/c1-3-14-11(13)6-4-5-10-7-8-12(2)9-10/h4,6,10H,3,5,7-9H2,1-2H3/b6-4+. The SMILES string of the molecule is CCOC(=O)/C=C/CC1CCN(C)C1. The molecular formula is C11H19NO2. The van der Waals surface area contributed by atoms with Crippen LogP contribution in [0.25, 0.3) is 0 Å². The summed E-state index contributed by atoms with van der Waals surface area (Å²) in [5, 5.41) is 0. The minimum Gasteiger partial charge on any atom is -0.463 e. The van der Waals surface area contributed by atoms with Crippen LogP contribution in [0.15, 0.2) is 12.2 Å². The number of rotatable bonds is 4. The van der Waals surface area contributed by atoms with Gasteiger partial charge < -0.3 is 9.64 Å². The second-order valence-corrected chi connectivity index (χ2v) is 3.81. The lowest BCUT2D eigenvalue weighted by Gasteiger charge is -2.06. The predicted octanol–water partition coefficient (Wildman–Crippen LogP) is 1.45. The van der Waals surface area contributed by atoms with Crippen molar-refractivity contribution in [1.29, 1.82) is 0 Å². The number of likely N-dealkylation sites (tertiary alicyclic amines) is 1. The maximum absolute atomic E-state index is 11.0. The van der Waals surface area contributed by atoms with E-state index in [2.05, 4.69) is 11.9 Å². The normalized spacial score (nSPS) is 23.1. The van der Waals surface area contributed by atoms with Crippen LogP contribution in [0.2, 0.25) is 0 Å². The van der Waals surface area contributed by atoms with E-state index >= 15 is 0 Å². The van der Waals surface area contributed by atoms with Crippen LogP contribution in [-0.4, -0.2) is 37.6 Å². The molecule has 0 radical (unpaired) electrons. The molecule has 0 bridgehead atoms. The van der Waals surface area contributed by atoms with E-state index in [1.807, 2.05) is 13.0 Å². The van der Waals surface area contributed by atoms with Crippen LogP contribution in [-0.2, 0) is 9.53 Å². The van der Waals surface area contributed by atoms with Gasteiger partial charge in [-0.3, -0.25) is 0 Å². The van der Waals surface area contributed by atoms with Crippen LogP contribution in [0.3, 0.4) is 0 Å². The average Bonchev–Trinajstić information content (AvgIpc) is 2.52. The lowest BCUT2D eigenvalue weighted by molar-refractivity contribution is -0.137. The summed E-state index contributed by atoms with van der Waals surface area (Å²) in [6.45, 7) is 4.60. The number of carbonyl (C=O) groups excluding carboxylic acids is 1. The molecule has 0 amide bonds. The Kier molecular flexibility index (Phi) is 4.66. The Morgan fingerprint density at radius 3 is 3.00 bits per heavy atom. The molecule has 0 spiro atoms. The van der Waals surface area contributed by atoms with Crippen molar-refractivity contribution in [2.45, 2.75) is 19.8 Å². The van der Waals surface area contributed by atoms with Gasteiger partial charge in [-0.1, -0.05) is 6.08 Å². The van der Waals surface area contributed by atoms with Crippen molar-refractivity contribution < 1.29 is 9.53 Å². The Hall–Kier alpha value is -0.830. The first-order valence-electron chi connectivity index (χ1n) is 5.24. The molecule has 1 fully saturated rings. The summed E-state index contributed by atoms with van der Waals surface area (Å²) in [6, 6.07) is 0. The second-order valence-electron chi connectivity index (χ2n) is 3.81. The molecule has 1 saturated heterocycles. The molecule has 1 unspecified atom stereocenters. The Morgan fingerprint density at radius 2 is 2.43 bits per heavy atom. The summed E-state index contributed by atoms with van der Waals surface area (Å²) in [5.41, 5.74) is 0. The molecule has 3 nitrogen and oxygen atoms in total. The van der Waals surface area contributed by atoms with Crippen LogP contribution in [0, 0.1) is 5.92 Å². The van der Waals surface area contributed by atoms with Crippen molar-refractivity contribution in [2.24, 2.45) is 5.92 Å². The Balaban J connectivity index is 2.16. The van der Waals surface area contributed by atoms with Crippen molar-refractivity contribution in [1.82, 2.24) is 4.90 Å². The maximum atomic E-state index is 11.0. The molecule has 1 heterocycles. The fourth-order valence-corrected chi connectivity index (χ4v) is 1.77. The molecule has 0 aliphatic carbocycles. The summed E-state index contributed by atoms with van der Waals surface area (Å²) < 4.78 is 4.79. The second kappa shape index (κ2) is 5.81. The molecule has 0 aromatic heterocycles. The molecule has 0 saturated carbocycles. The van der Waals surface area contributed by atoms with Gasteiger partial charge in [-0.25, -0.2) is 4.79 Å². The summed E-state index contributed by atoms with van der Waals surface area (Å²) >= 11 is 0. The zero-order chi connectivity index (χ0) is 10.4. The Bertz CT molecular complexity index is 213. The van der Waals surface area contributed by atoms with E-state index in [1.54, 1.807) is 6.08 Å². The predicted molar refractivity (Wildman–Crippen MR) is 56.0 cm³/mol. The highest BCUT2D eigenvalue weighted by molar-refractivity contribution is 5.81. The van der Waals surface area contributed by atoms with Crippen LogP contribution in [0.1, 0.15) is 19.8 Å². The van der Waals surface area contributed by atoms with Gasteiger partial charge in [-0.05, 0) is 39.3 Å². The lowest BCUT2D eigenvalue weighted by Crippen LogP contribution is -2.13. The summed E-state index contributed by atoms with van der Waals surface area (Å²) in [4.78, 5) is 13.3. The van der Waals surface area contributed by atoms with E-state index in [9.17, 15) is 4.79 Å². The zero-order valence-electron chi connectivity index (χ0n) is 9.03. The number of nitrogens with zero attached hydrogens (tertiary/aromatic N) is 1. The first-order valence-corrected chi connectivity index (χ1v) is 5.24. The lowest BCUT2D eigenvalue weighted by atomic mass is 10.1. The van der Waals surface area contributed by atoms with E-state index in [1.165, 1.54) is 13.0 Å². The summed E-state index contributed by atoms with van der Waals surface area (Å²) in [5.74, 6) is 0.490. The third kappa shape index (κ3) is 3.92. The molecule has 1 rings (SSSR count). The fourth-order valence-electron chi connectivity index (χ4n) is 1.77. The van der Waals surface area contributed by atoms with Gasteiger partial charge in [0.25, 0.3) is 0 Å². The molecule has 1 aliphatic heterocycles. The quantitative estimate of drug-likeness (QED) is 0.504. The van der Waals surface area contributed by atoms with E-state index in [-0.39, 0.29) is 5.97 Å². The maximum Gasteiger partial charge on any atom is 0.330 e. The minimum atomic E-state index is -0.223. The van der Waals surface area contributed by atoms with Crippen molar-refractivity contribution in [2.75, 3.05) is 26.7 Å². The van der Waals surface area contributed by atoms with Crippen LogP contribution in [0.4, 0.5) is 0 Å². The van der Waals surface area contributed by atoms with E-state index in [0.717, 1.165) is 13.0 Å². The number of hydrogen-bond acceptors (Lipinski definition) is 3. The molecule has 14 heavy (non-hydrogen) atoms. The zero-order valence-corrected chi connectivity index (χ0v) is 9.03. The highest BCUT2D eigenvalue weighted by Crippen LogP contribution is 2.17. The van der Waals surface area contributed by atoms with Gasteiger partial charge in [0.05, 0.1) is 6.61 Å². The van der Waals surface area contributed by atoms with Gasteiger partial charge in [0.15, 0.2) is 0 Å². The largest absolute Gasteiger partial charge is 0.463 e. The first kappa shape index (κ1) is 11.2. The van der Waals surface area contributed by atoms with Crippen LogP contribution in [0.5, 0.6) is 0 Å². The van der Waals surface area contributed by atoms with Gasteiger partial charge in [0.1, 0.15) is 0 Å². The number of hydrogen-bond donors (Lipinski definition) is 0. The van der Waals surface area contributed by atoms with E-state index in [0.29, 0.717) is 12.5 Å². The Morgan fingerprint density at radius 1 is 1.64 bits per heavy atom. The topological polar surface area (TPSA) is 29.5 Å². The molecule has 80 valence electrons. The van der Waals surface area contributed by atoms with Crippen molar-refractivity contribution in [3.05, 3.63) is 12.2 Å². The van der Waals surface area contributed by atoms with Gasteiger partial charge in [0, 0.05) is 12.6 Å². The molecular weight excluding hydrogens is 178 g/mol. The highest BCUT2D eigenvalue weighted by atomic mass is 16.5. The Labute approximate surface area is 85.7 Å². The minimum absolute atomic E-state index is 0.223. The van der Waals surface area contributed by atoms with Gasteiger partial charge >= 0.3 is 5.97 Å². The number of allylic oxidation sites excluding steroid dienone is 1. The molecule has 1 aliphatic rings. The molecule has 0 aromatic carbocycles. The van der Waals surface area contributed by atoms with E-state index < -0.39 is 0 Å². The van der Waals surface area contributed by atoms with Gasteiger partial charge in [-0.15, -0.1) is 0 Å². The number of esters is 1. The smallest absolute Gasteiger partial charge is 0.330 e. The summed E-state index contributed by atoms with van der Waals surface area (Å²) in [6.07, 6.45) is 5.70. The molecule has 0 aromatic rings. The van der Waals surface area contributed by atoms with Gasteiger partial charge in [0.2, 0.25) is 0 Å².